The van der Waals surface area contributed by atoms with Crippen molar-refractivity contribution < 1.29 is 27.5 Å². The predicted octanol–water partition coefficient (Wildman–Crippen LogP) is 2.96. The van der Waals surface area contributed by atoms with Crippen LogP contribution in [0.25, 0.3) is 10.1 Å². The van der Waals surface area contributed by atoms with Gasteiger partial charge in [0.1, 0.15) is 4.90 Å². The van der Waals surface area contributed by atoms with Crippen molar-refractivity contribution in [2.45, 2.75) is 18.7 Å². The van der Waals surface area contributed by atoms with Gasteiger partial charge >= 0.3 is 12.2 Å². The molecule has 10 nitrogen and oxygen atoms in total. The van der Waals surface area contributed by atoms with Crippen molar-refractivity contribution in [2.24, 2.45) is 0 Å². The van der Waals surface area contributed by atoms with E-state index < -0.39 is 22.2 Å². The quantitative estimate of drug-likeness (QED) is 0.596. The number of hydrogen-bond acceptors (Lipinski definition) is 9. The van der Waals surface area contributed by atoms with Gasteiger partial charge in [-0.3, -0.25) is 5.32 Å². The molecule has 0 atom stereocenters. The van der Waals surface area contributed by atoms with Crippen LogP contribution in [0.15, 0.2) is 35.2 Å². The Morgan fingerprint density at radius 3 is 2.41 bits per heavy atom. The fourth-order valence-electron chi connectivity index (χ4n) is 2.52. The van der Waals surface area contributed by atoms with Crippen LogP contribution in [0.3, 0.4) is 0 Å². The number of hydrogen-bond donors (Lipinski definition) is 2. The van der Waals surface area contributed by atoms with Gasteiger partial charge in [0.2, 0.25) is 11.0 Å². The molecule has 0 saturated heterocycles. The van der Waals surface area contributed by atoms with E-state index in [0.29, 0.717) is 21.5 Å². The third kappa shape index (κ3) is 4.60. The Hall–Kier alpha value is -3.25. The van der Waals surface area contributed by atoms with Crippen molar-refractivity contribution in [3.63, 3.8) is 0 Å². The van der Waals surface area contributed by atoms with E-state index >= 15 is 0 Å². The lowest BCUT2D eigenvalue weighted by molar-refractivity contribution is 0.122. The van der Waals surface area contributed by atoms with E-state index in [4.69, 9.17) is 4.74 Å². The third-order valence-corrected chi connectivity index (χ3v) is 6.14. The van der Waals surface area contributed by atoms with Crippen LogP contribution in [-0.2, 0) is 14.8 Å². The molecule has 29 heavy (non-hydrogen) atoms. The molecule has 2 heterocycles. The minimum absolute atomic E-state index is 0.0450. The summed E-state index contributed by atoms with van der Waals surface area (Å²) in [5.74, 6) is -0.0450. The van der Waals surface area contributed by atoms with Crippen LogP contribution in [0.4, 0.5) is 15.5 Å². The van der Waals surface area contributed by atoms with Gasteiger partial charge in [-0.2, -0.15) is 0 Å². The molecular formula is C17H16N4O6S2. The molecule has 3 aromatic rings. The van der Waals surface area contributed by atoms with Crippen LogP contribution in [0, 0.1) is 13.8 Å². The summed E-state index contributed by atoms with van der Waals surface area (Å²) in [4.78, 5) is 31.5. The van der Waals surface area contributed by atoms with Crippen molar-refractivity contribution in [3.8, 4) is 5.06 Å². The van der Waals surface area contributed by atoms with E-state index in [2.05, 4.69) is 20.0 Å². The normalized spacial score (nSPS) is 11.1. The first-order valence-electron chi connectivity index (χ1n) is 8.13. The monoisotopic (exact) mass is 436 g/mol. The lowest BCUT2D eigenvalue weighted by Gasteiger charge is -2.09. The molecule has 0 bridgehead atoms. The summed E-state index contributed by atoms with van der Waals surface area (Å²) >= 11 is 0.931. The standard InChI is InChI=1S/C17H16N4O6S2/c1-9-8-10(2)19-15(18-9)20-16(22)21-29(24,25)13-11-6-4-5-7-12(11)28-14(13)27-17(23)26-3/h4-8H,1-3H3,(H2,18,19,20,21,22). The van der Waals surface area contributed by atoms with Gasteiger partial charge in [0, 0.05) is 21.5 Å². The predicted molar refractivity (Wildman–Crippen MR) is 106 cm³/mol. The number of aromatic nitrogens is 2. The molecule has 2 aromatic heterocycles. The average molecular weight is 436 g/mol. The largest absolute Gasteiger partial charge is 0.514 e. The van der Waals surface area contributed by atoms with E-state index in [1.165, 1.54) is 6.07 Å². The summed E-state index contributed by atoms with van der Waals surface area (Å²) in [6.45, 7) is 3.42. The zero-order valence-corrected chi connectivity index (χ0v) is 17.2. The second kappa shape index (κ2) is 8.01. The Kier molecular flexibility index (Phi) is 5.66. The fraction of sp³-hybridized carbons (Fsp3) is 0.176. The molecule has 0 fully saturated rings. The second-order valence-electron chi connectivity index (χ2n) is 5.80. The number of carbonyl (C=O) groups is 2. The van der Waals surface area contributed by atoms with Gasteiger partial charge in [0.05, 0.1) is 7.11 Å². The topological polar surface area (TPSA) is 137 Å². The number of benzene rings is 1. The van der Waals surface area contributed by atoms with Gasteiger partial charge in [0.15, 0.2) is 0 Å². The van der Waals surface area contributed by atoms with Crippen molar-refractivity contribution >= 4 is 49.6 Å². The highest BCUT2D eigenvalue weighted by molar-refractivity contribution is 7.90. The number of carbonyl (C=O) groups excluding carboxylic acids is 2. The highest BCUT2D eigenvalue weighted by Crippen LogP contribution is 2.40. The molecule has 0 aliphatic rings. The molecule has 0 saturated carbocycles. The number of ether oxygens (including phenoxy) is 2. The van der Waals surface area contributed by atoms with Crippen LogP contribution >= 0.6 is 11.3 Å². The number of nitrogens with zero attached hydrogens (tertiary/aromatic N) is 2. The lowest BCUT2D eigenvalue weighted by Crippen LogP contribution is -2.35. The summed E-state index contributed by atoms with van der Waals surface area (Å²) in [7, 11) is -3.31. The summed E-state index contributed by atoms with van der Waals surface area (Å²) in [6.07, 6.45) is -1.08. The maximum atomic E-state index is 12.9. The first-order valence-corrected chi connectivity index (χ1v) is 10.4. The SMILES string of the molecule is COC(=O)Oc1sc2ccccc2c1S(=O)(=O)NC(=O)Nc1nc(C)cc(C)n1. The summed E-state index contributed by atoms with van der Waals surface area (Å²) in [5.41, 5.74) is 1.21. The fourth-order valence-corrected chi connectivity index (χ4v) is 5.10. The number of aryl methyl sites for hydroxylation is 2. The van der Waals surface area contributed by atoms with Crippen LogP contribution in [0.1, 0.15) is 11.4 Å². The average Bonchev–Trinajstić information content (AvgIpc) is 2.98. The number of methoxy groups -OCH3 is 1. The summed E-state index contributed by atoms with van der Waals surface area (Å²) in [6, 6.07) is 7.17. The Balaban J connectivity index is 1.94. The molecular weight excluding hydrogens is 420 g/mol. The molecule has 1 aromatic carbocycles. The molecule has 3 rings (SSSR count). The Morgan fingerprint density at radius 1 is 1.10 bits per heavy atom. The zero-order valence-electron chi connectivity index (χ0n) is 15.5. The van der Waals surface area contributed by atoms with Crippen LogP contribution in [0.5, 0.6) is 5.06 Å². The van der Waals surface area contributed by atoms with Gasteiger partial charge in [-0.25, -0.2) is 32.7 Å². The first-order chi connectivity index (χ1) is 13.7. The number of urea groups is 1. The van der Waals surface area contributed by atoms with E-state index in [1.54, 1.807) is 38.1 Å². The number of anilines is 1. The Labute approximate surface area is 169 Å². The summed E-state index contributed by atoms with van der Waals surface area (Å²) in [5, 5.41) is 2.35. The maximum absolute atomic E-state index is 12.9. The van der Waals surface area contributed by atoms with Crippen LogP contribution < -0.4 is 14.8 Å². The number of amides is 2. The van der Waals surface area contributed by atoms with E-state index in [-0.39, 0.29) is 15.9 Å². The third-order valence-electron chi connectivity index (χ3n) is 3.57. The number of thiophene rings is 1. The zero-order chi connectivity index (χ0) is 21.2. The van der Waals surface area contributed by atoms with E-state index in [0.717, 1.165) is 18.4 Å². The number of rotatable bonds is 4. The van der Waals surface area contributed by atoms with Gasteiger partial charge in [-0.1, -0.05) is 29.5 Å². The van der Waals surface area contributed by atoms with E-state index in [9.17, 15) is 18.0 Å². The van der Waals surface area contributed by atoms with Crippen LogP contribution in [-0.4, -0.2) is 37.7 Å². The molecule has 0 unspecified atom stereocenters. The smallest absolute Gasteiger partial charge is 0.437 e. The van der Waals surface area contributed by atoms with Crippen molar-refractivity contribution in [2.75, 3.05) is 12.4 Å². The van der Waals surface area contributed by atoms with Crippen molar-refractivity contribution in [1.29, 1.82) is 0 Å². The Morgan fingerprint density at radius 2 is 1.76 bits per heavy atom. The van der Waals surface area contributed by atoms with Crippen molar-refractivity contribution in [1.82, 2.24) is 14.7 Å². The van der Waals surface area contributed by atoms with Gasteiger partial charge in [-0.15, -0.1) is 0 Å². The number of nitrogens with one attached hydrogen (secondary N) is 2. The van der Waals surface area contributed by atoms with E-state index in [1.807, 2.05) is 4.72 Å². The molecule has 2 amide bonds. The van der Waals surface area contributed by atoms with Gasteiger partial charge in [-0.05, 0) is 26.0 Å². The number of sulfonamides is 1. The molecule has 152 valence electrons. The highest BCUT2D eigenvalue weighted by atomic mass is 32.2. The van der Waals surface area contributed by atoms with Crippen molar-refractivity contribution in [3.05, 3.63) is 41.7 Å². The second-order valence-corrected chi connectivity index (χ2v) is 8.44. The lowest BCUT2D eigenvalue weighted by atomic mass is 10.3. The minimum atomic E-state index is -4.41. The minimum Gasteiger partial charge on any atom is -0.437 e. The Bertz CT molecular complexity index is 1190. The van der Waals surface area contributed by atoms with Crippen LogP contribution in [0.2, 0.25) is 0 Å². The molecule has 2 N–H and O–H groups in total. The molecule has 12 heteroatoms. The van der Waals surface area contributed by atoms with Gasteiger partial charge < -0.3 is 9.47 Å². The summed E-state index contributed by atoms with van der Waals surface area (Å²) < 4.78 is 37.6. The highest BCUT2D eigenvalue weighted by Gasteiger charge is 2.29. The molecule has 0 aliphatic carbocycles. The van der Waals surface area contributed by atoms with Gasteiger partial charge in [0.25, 0.3) is 10.0 Å². The number of fused-ring (bicyclic) bond motifs is 1. The maximum Gasteiger partial charge on any atom is 0.514 e. The molecule has 0 radical (unpaired) electrons. The molecule has 0 spiro atoms. The molecule has 0 aliphatic heterocycles. The first kappa shape index (κ1) is 20.5.